The summed E-state index contributed by atoms with van der Waals surface area (Å²) in [6.07, 6.45) is 0.700. The number of nitrogens with zero attached hydrogens (tertiary/aromatic N) is 2. The van der Waals surface area contributed by atoms with Gasteiger partial charge in [0.05, 0.1) is 0 Å². The number of aliphatic hydroxyl groups excluding tert-OH is 1. The number of rotatable bonds is 4. The van der Waals surface area contributed by atoms with Crippen LogP contribution in [-0.2, 0) is 9.59 Å². The van der Waals surface area contributed by atoms with Crippen LogP contribution in [0.15, 0.2) is 0 Å². The van der Waals surface area contributed by atoms with Gasteiger partial charge in [-0.15, -0.1) is 0 Å². The van der Waals surface area contributed by atoms with Gasteiger partial charge in [-0.3, -0.25) is 9.59 Å². The first kappa shape index (κ1) is 13.9. The van der Waals surface area contributed by atoms with Gasteiger partial charge in [-0.25, -0.2) is 0 Å². The highest BCUT2D eigenvalue weighted by molar-refractivity contribution is 5.87. The summed E-state index contributed by atoms with van der Waals surface area (Å²) in [4.78, 5) is 26.9. The van der Waals surface area contributed by atoms with E-state index in [1.807, 2.05) is 0 Å². The summed E-state index contributed by atoms with van der Waals surface area (Å²) in [5.41, 5.74) is 0. The Hall–Kier alpha value is -1.14. The normalized spacial score (nSPS) is 18.8. The lowest BCUT2D eigenvalue weighted by atomic mass is 10.1. The van der Waals surface area contributed by atoms with Crippen LogP contribution >= 0.6 is 0 Å². The van der Waals surface area contributed by atoms with E-state index < -0.39 is 6.04 Å². The summed E-state index contributed by atoms with van der Waals surface area (Å²) in [7, 11) is 3.32. The highest BCUT2D eigenvalue weighted by Crippen LogP contribution is 2.10. The van der Waals surface area contributed by atoms with Gasteiger partial charge in [-0.05, 0) is 6.42 Å². The summed E-state index contributed by atoms with van der Waals surface area (Å²) in [5, 5.41) is 12.2. The van der Waals surface area contributed by atoms with E-state index in [1.54, 1.807) is 19.0 Å². The minimum Gasteiger partial charge on any atom is -0.396 e. The Kier molecular flexibility index (Phi) is 5.37. The first-order valence-electron chi connectivity index (χ1n) is 5.90. The third kappa shape index (κ3) is 3.67. The zero-order chi connectivity index (χ0) is 12.8. The van der Waals surface area contributed by atoms with E-state index in [1.165, 1.54) is 4.90 Å². The predicted molar refractivity (Wildman–Crippen MR) is 63.4 cm³/mol. The van der Waals surface area contributed by atoms with Crippen LogP contribution in [-0.4, -0.2) is 73.1 Å². The van der Waals surface area contributed by atoms with Crippen LogP contribution in [0.3, 0.4) is 0 Å². The predicted octanol–water partition coefficient (Wildman–Crippen LogP) is -1.35. The van der Waals surface area contributed by atoms with E-state index in [-0.39, 0.29) is 18.4 Å². The Morgan fingerprint density at radius 1 is 1.53 bits per heavy atom. The van der Waals surface area contributed by atoms with E-state index in [0.717, 1.165) is 0 Å². The highest BCUT2D eigenvalue weighted by atomic mass is 16.3. The number of nitrogens with one attached hydrogen (secondary N) is 1. The van der Waals surface area contributed by atoms with Crippen molar-refractivity contribution in [1.82, 2.24) is 15.1 Å². The molecule has 1 heterocycles. The van der Waals surface area contributed by atoms with Crippen LogP contribution in [0.4, 0.5) is 0 Å². The molecule has 0 aromatic rings. The Labute approximate surface area is 102 Å². The lowest BCUT2D eigenvalue weighted by Crippen LogP contribution is -2.50. The molecule has 0 unspecified atom stereocenters. The van der Waals surface area contributed by atoms with Gasteiger partial charge in [0, 0.05) is 46.8 Å². The maximum Gasteiger partial charge on any atom is 0.244 e. The molecule has 0 aromatic carbocycles. The second kappa shape index (κ2) is 6.56. The topological polar surface area (TPSA) is 72.9 Å². The SMILES string of the molecule is CN(C)C(=O)[C@@H](CCO)N1CCNCCC1=O. The lowest BCUT2D eigenvalue weighted by molar-refractivity contribution is -0.144. The molecule has 2 amide bonds. The highest BCUT2D eigenvalue weighted by Gasteiger charge is 2.30. The molecular formula is C11H21N3O3. The largest absolute Gasteiger partial charge is 0.396 e. The van der Waals surface area contributed by atoms with Crippen LogP contribution in [0.2, 0.25) is 0 Å². The Morgan fingerprint density at radius 2 is 2.24 bits per heavy atom. The summed E-state index contributed by atoms with van der Waals surface area (Å²) in [5.74, 6) is -0.155. The average Bonchev–Trinajstić information content (AvgIpc) is 2.50. The molecule has 0 bridgehead atoms. The maximum atomic E-state index is 12.0. The average molecular weight is 243 g/mol. The molecule has 1 saturated heterocycles. The molecule has 1 rings (SSSR count). The molecule has 0 spiro atoms. The first-order chi connectivity index (χ1) is 8.07. The van der Waals surface area contributed by atoms with Gasteiger partial charge >= 0.3 is 0 Å². The number of hydrogen-bond acceptors (Lipinski definition) is 4. The van der Waals surface area contributed by atoms with Crippen molar-refractivity contribution in [3.63, 3.8) is 0 Å². The van der Waals surface area contributed by atoms with E-state index in [2.05, 4.69) is 5.32 Å². The molecule has 98 valence electrons. The molecule has 6 nitrogen and oxygen atoms in total. The van der Waals surface area contributed by atoms with Gasteiger partial charge in [0.1, 0.15) is 6.04 Å². The number of hydrogen-bond donors (Lipinski definition) is 2. The summed E-state index contributed by atoms with van der Waals surface area (Å²) >= 11 is 0. The summed E-state index contributed by atoms with van der Waals surface area (Å²) in [6.45, 7) is 1.76. The van der Waals surface area contributed by atoms with Crippen LogP contribution in [0.25, 0.3) is 0 Å². The molecule has 2 N–H and O–H groups in total. The second-order valence-corrected chi connectivity index (χ2v) is 4.35. The minimum atomic E-state index is -0.539. The second-order valence-electron chi connectivity index (χ2n) is 4.35. The van der Waals surface area contributed by atoms with Gasteiger partial charge < -0.3 is 20.2 Å². The monoisotopic (exact) mass is 243 g/mol. The zero-order valence-electron chi connectivity index (χ0n) is 10.5. The molecule has 0 saturated carbocycles. The Morgan fingerprint density at radius 3 is 2.82 bits per heavy atom. The van der Waals surface area contributed by atoms with Crippen molar-refractivity contribution in [3.8, 4) is 0 Å². The molecule has 0 radical (unpaired) electrons. The smallest absolute Gasteiger partial charge is 0.244 e. The quantitative estimate of drug-likeness (QED) is 0.640. The molecule has 0 aliphatic carbocycles. The van der Waals surface area contributed by atoms with E-state index in [4.69, 9.17) is 5.11 Å². The molecular weight excluding hydrogens is 222 g/mol. The summed E-state index contributed by atoms with van der Waals surface area (Å²) in [6, 6.07) is -0.539. The van der Waals surface area contributed by atoms with Crippen LogP contribution in [0.5, 0.6) is 0 Å². The van der Waals surface area contributed by atoms with Crippen molar-refractivity contribution in [2.45, 2.75) is 18.9 Å². The van der Waals surface area contributed by atoms with E-state index >= 15 is 0 Å². The van der Waals surface area contributed by atoms with Crippen molar-refractivity contribution in [2.24, 2.45) is 0 Å². The third-order valence-corrected chi connectivity index (χ3v) is 2.87. The van der Waals surface area contributed by atoms with Crippen molar-refractivity contribution in [1.29, 1.82) is 0 Å². The minimum absolute atomic E-state index is 0.0244. The molecule has 1 atom stereocenters. The molecule has 1 aliphatic rings. The molecule has 0 aromatic heterocycles. The van der Waals surface area contributed by atoms with Crippen LogP contribution in [0.1, 0.15) is 12.8 Å². The Bertz CT molecular complexity index is 281. The van der Waals surface area contributed by atoms with E-state index in [0.29, 0.717) is 32.5 Å². The molecule has 17 heavy (non-hydrogen) atoms. The van der Waals surface area contributed by atoms with Gasteiger partial charge in [-0.1, -0.05) is 0 Å². The van der Waals surface area contributed by atoms with Crippen molar-refractivity contribution in [3.05, 3.63) is 0 Å². The van der Waals surface area contributed by atoms with Crippen molar-refractivity contribution < 1.29 is 14.7 Å². The third-order valence-electron chi connectivity index (χ3n) is 2.87. The lowest BCUT2D eigenvalue weighted by Gasteiger charge is -2.31. The first-order valence-corrected chi connectivity index (χ1v) is 5.90. The fraction of sp³-hybridized carbons (Fsp3) is 0.818. The number of carbonyl (C=O) groups is 2. The van der Waals surface area contributed by atoms with Gasteiger partial charge in [0.2, 0.25) is 11.8 Å². The molecule has 1 aliphatic heterocycles. The van der Waals surface area contributed by atoms with Gasteiger partial charge in [0.15, 0.2) is 0 Å². The maximum absolute atomic E-state index is 12.0. The van der Waals surface area contributed by atoms with Crippen LogP contribution < -0.4 is 5.32 Å². The van der Waals surface area contributed by atoms with Gasteiger partial charge in [-0.2, -0.15) is 0 Å². The van der Waals surface area contributed by atoms with Crippen molar-refractivity contribution in [2.75, 3.05) is 40.3 Å². The van der Waals surface area contributed by atoms with Crippen molar-refractivity contribution >= 4 is 11.8 Å². The summed E-state index contributed by atoms with van der Waals surface area (Å²) < 4.78 is 0. The van der Waals surface area contributed by atoms with E-state index in [9.17, 15) is 9.59 Å². The number of amides is 2. The fourth-order valence-corrected chi connectivity index (χ4v) is 1.95. The number of carbonyl (C=O) groups excluding carboxylic acids is 2. The number of aliphatic hydroxyl groups is 1. The molecule has 1 fully saturated rings. The molecule has 6 heteroatoms. The van der Waals surface area contributed by atoms with Gasteiger partial charge in [0.25, 0.3) is 0 Å². The Balaban J connectivity index is 2.80. The fourth-order valence-electron chi connectivity index (χ4n) is 1.95. The standard InChI is InChI=1S/C11H21N3O3/c1-13(2)11(17)9(4-8-15)14-7-6-12-5-3-10(14)16/h9,12,15H,3-8H2,1-2H3/t9-/m1/s1. The number of likely N-dealkylation sites (N-methyl/N-ethyl adjacent to an activating group) is 1. The zero-order valence-corrected chi connectivity index (χ0v) is 10.5. The van der Waals surface area contributed by atoms with Crippen LogP contribution in [0, 0.1) is 0 Å².